The molecule has 2 aromatic rings. The average molecular weight is 875 g/mol. The molecule has 1 fully saturated rings. The van der Waals surface area contributed by atoms with Crippen LogP contribution in [-0.4, -0.2) is 174 Å². The summed E-state index contributed by atoms with van der Waals surface area (Å²) in [4.78, 5) is 66.0. The standard InChI is InChI=1S/C36H53N7O12S.Ga/c1-2-3-11-38-28-21-26(22-30(56(37,53)54)34(28)55-27-8-5-4-6-9-27)35(50)39-12-7-10-29(36(51)52)43-19-17-41(24-32(46)47)15-13-40(23-31(44)45)14-16-42(18-20-43)25-33(48)49;/h4-6,8-9,21-22,29,38H,2-3,7,10-20,23-25H2,1H3,(H,39,50)(H,44,45)(H,46,47)(H,48,49)(H,51,52)(H2,37,53,54);/q;+3/p-3. The smallest absolute Gasteiger partial charge is 0.549 e. The molecule has 0 aliphatic carbocycles. The molecule has 3 rings (SSSR count). The Kier molecular flexibility index (Phi) is 21.1. The van der Waals surface area contributed by atoms with Gasteiger partial charge in [0.1, 0.15) is 16.7 Å². The number of nitrogens with two attached hydrogens (primary N) is 1. The number of para-hydroxylation sites is 1. The number of hydrogen-bond donors (Lipinski definition) is 4. The van der Waals surface area contributed by atoms with Gasteiger partial charge >= 0.3 is 25.8 Å². The summed E-state index contributed by atoms with van der Waals surface area (Å²) in [6.07, 6.45) is 1.74. The van der Waals surface area contributed by atoms with Gasteiger partial charge in [0.25, 0.3) is 5.91 Å². The van der Waals surface area contributed by atoms with E-state index in [2.05, 4.69) is 10.6 Å². The Balaban J connectivity index is 0.0000112. The number of anilines is 1. The van der Waals surface area contributed by atoms with E-state index in [1.807, 2.05) is 6.92 Å². The van der Waals surface area contributed by atoms with Gasteiger partial charge in [-0.15, -0.1) is 0 Å². The van der Waals surface area contributed by atoms with Crippen LogP contribution < -0.4 is 35.8 Å². The molecule has 57 heavy (non-hydrogen) atoms. The summed E-state index contributed by atoms with van der Waals surface area (Å²) in [5.41, 5.74) is 0.192. The number of primary sulfonamides is 1. The molecule has 0 radical (unpaired) electrons. The molecule has 1 amide bonds. The van der Waals surface area contributed by atoms with Gasteiger partial charge in [-0.05, 0) is 43.5 Å². The van der Waals surface area contributed by atoms with Crippen molar-refractivity contribution in [1.82, 2.24) is 24.9 Å². The third kappa shape index (κ3) is 17.4. The normalized spacial score (nSPS) is 15.9. The molecule has 0 spiro atoms. The number of unbranched alkanes of at least 4 members (excludes halogenated alkanes) is 1. The molecule has 19 nitrogen and oxygen atoms in total. The minimum absolute atomic E-state index is 0. The van der Waals surface area contributed by atoms with Crippen molar-refractivity contribution in [3.63, 3.8) is 0 Å². The molecule has 1 saturated heterocycles. The number of sulfonamides is 1. The van der Waals surface area contributed by atoms with Crippen LogP contribution >= 0.6 is 0 Å². The summed E-state index contributed by atoms with van der Waals surface area (Å²) in [6, 6.07) is 9.88. The fourth-order valence-corrected chi connectivity index (χ4v) is 6.84. The van der Waals surface area contributed by atoms with Crippen molar-refractivity contribution in [2.45, 2.75) is 43.5 Å². The third-order valence-corrected chi connectivity index (χ3v) is 9.94. The molecule has 1 atom stereocenters. The second-order valence-corrected chi connectivity index (χ2v) is 14.9. The minimum atomic E-state index is -4.39. The fraction of sp³-hybridized carbons (Fsp3) is 0.528. The van der Waals surface area contributed by atoms with Crippen LogP contribution in [0.1, 0.15) is 43.0 Å². The second-order valence-electron chi connectivity index (χ2n) is 13.3. The van der Waals surface area contributed by atoms with Crippen molar-refractivity contribution in [2.24, 2.45) is 5.14 Å². The number of carboxylic acids is 4. The summed E-state index contributed by atoms with van der Waals surface area (Å²) in [5.74, 6) is -5.69. The van der Waals surface area contributed by atoms with E-state index >= 15 is 0 Å². The van der Waals surface area contributed by atoms with Gasteiger partial charge in [-0.25, -0.2) is 13.6 Å². The van der Waals surface area contributed by atoms with Crippen LogP contribution in [0.15, 0.2) is 47.4 Å². The van der Waals surface area contributed by atoms with Crippen molar-refractivity contribution in [1.29, 1.82) is 0 Å². The van der Waals surface area contributed by atoms with E-state index in [9.17, 15) is 52.8 Å². The van der Waals surface area contributed by atoms with Crippen LogP contribution in [-0.2, 0) is 29.2 Å². The number of benzene rings is 2. The van der Waals surface area contributed by atoms with Crippen LogP contribution in [0.5, 0.6) is 11.5 Å². The van der Waals surface area contributed by atoms with Gasteiger partial charge in [-0.3, -0.25) is 29.2 Å². The fourth-order valence-electron chi connectivity index (χ4n) is 6.14. The topological polar surface area (TPSA) is 281 Å². The largest absolute Gasteiger partial charge is 3.00 e. The van der Waals surface area contributed by atoms with Crippen LogP contribution in [0.2, 0.25) is 0 Å². The van der Waals surface area contributed by atoms with Crippen molar-refractivity contribution < 1.29 is 57.6 Å². The Labute approximate surface area is 345 Å². The van der Waals surface area contributed by atoms with Crippen molar-refractivity contribution >= 4 is 65.3 Å². The number of aliphatic carboxylic acids is 4. The Morgan fingerprint density at radius 2 is 1.32 bits per heavy atom. The number of nitrogens with one attached hydrogen (secondary N) is 2. The molecule has 1 heterocycles. The molecule has 310 valence electrons. The zero-order valence-electron chi connectivity index (χ0n) is 31.9. The number of carbonyl (C=O) groups excluding carboxylic acids is 4. The summed E-state index contributed by atoms with van der Waals surface area (Å²) < 4.78 is 31.4. The number of rotatable bonds is 20. The van der Waals surface area contributed by atoms with Crippen molar-refractivity contribution in [3.8, 4) is 11.5 Å². The zero-order valence-corrected chi connectivity index (χ0v) is 35.2. The first-order valence-corrected chi connectivity index (χ1v) is 19.8. The van der Waals surface area contributed by atoms with Gasteiger partial charge < -0.3 is 50.2 Å². The van der Waals surface area contributed by atoms with Crippen LogP contribution in [0.3, 0.4) is 0 Å². The molecule has 1 aliphatic rings. The Morgan fingerprint density at radius 1 is 0.807 bits per heavy atom. The Bertz CT molecular complexity index is 1720. The number of ether oxygens (including phenoxy) is 1. The summed E-state index contributed by atoms with van der Waals surface area (Å²) in [6.45, 7) is 1.64. The maximum atomic E-state index is 13.4. The van der Waals surface area contributed by atoms with Crippen LogP contribution in [0.4, 0.5) is 5.69 Å². The van der Waals surface area contributed by atoms with E-state index < -0.39 is 70.4 Å². The van der Waals surface area contributed by atoms with Crippen molar-refractivity contribution in [2.75, 3.05) is 90.4 Å². The first-order chi connectivity index (χ1) is 26.6. The number of carboxylic acid groups (broad SMARTS) is 4. The van der Waals surface area contributed by atoms with E-state index in [0.29, 0.717) is 12.3 Å². The first kappa shape index (κ1) is 48.9. The van der Waals surface area contributed by atoms with Gasteiger partial charge in [-0.1, -0.05) is 31.5 Å². The third-order valence-electron chi connectivity index (χ3n) is 9.03. The quantitative estimate of drug-likeness (QED) is 0.0739. The van der Waals surface area contributed by atoms with E-state index in [4.69, 9.17) is 9.88 Å². The summed E-state index contributed by atoms with van der Waals surface area (Å²) in [5, 5.41) is 56.0. The zero-order chi connectivity index (χ0) is 41.3. The Hall–Kier alpha value is -4.22. The maximum absolute atomic E-state index is 13.4. The van der Waals surface area contributed by atoms with Gasteiger partial charge in [0, 0.05) is 90.6 Å². The van der Waals surface area contributed by atoms with E-state index in [0.717, 1.165) is 18.9 Å². The predicted molar refractivity (Wildman–Crippen MR) is 202 cm³/mol. The number of carbonyl (C=O) groups is 5. The van der Waals surface area contributed by atoms with Crippen molar-refractivity contribution in [3.05, 3.63) is 48.0 Å². The van der Waals surface area contributed by atoms with Crippen LogP contribution in [0, 0.1) is 0 Å². The van der Waals surface area contributed by atoms with E-state index in [1.165, 1.54) is 20.8 Å². The molecule has 5 N–H and O–H groups in total. The molecule has 0 bridgehead atoms. The molecular formula is C36H50GaN7O12S. The molecule has 2 aromatic carbocycles. The van der Waals surface area contributed by atoms with E-state index in [-0.39, 0.29) is 109 Å². The maximum Gasteiger partial charge on any atom is 3.00 e. The Morgan fingerprint density at radius 3 is 1.77 bits per heavy atom. The molecular weight excluding hydrogens is 824 g/mol. The molecule has 21 heteroatoms. The second kappa shape index (κ2) is 24.5. The molecule has 1 unspecified atom stereocenters. The van der Waals surface area contributed by atoms with Gasteiger partial charge in [0.15, 0.2) is 5.75 Å². The SMILES string of the molecule is CCCCNc1cc(C(=O)NCCCC(C(=O)O)N2CCN(CC(=O)[O-])CCN(CC(=O)[O-])CCN(CC(=O)[O-])CC2)cc(S(N)(=O)=O)c1Oc1ccccc1.[Ga+3]. The number of nitrogens with zero attached hydrogens (tertiary/aromatic N) is 4. The number of amides is 1. The summed E-state index contributed by atoms with van der Waals surface area (Å²) >= 11 is 0. The number of hydrogen-bond acceptors (Lipinski definition) is 16. The van der Waals surface area contributed by atoms with Crippen LogP contribution in [0.25, 0.3) is 0 Å². The minimum Gasteiger partial charge on any atom is -0.549 e. The van der Waals surface area contributed by atoms with E-state index in [1.54, 1.807) is 35.2 Å². The van der Waals surface area contributed by atoms with Gasteiger partial charge in [0.2, 0.25) is 10.0 Å². The molecule has 0 saturated carbocycles. The molecule has 1 aliphatic heterocycles. The monoisotopic (exact) mass is 873 g/mol. The average Bonchev–Trinajstić information content (AvgIpc) is 3.11. The first-order valence-electron chi connectivity index (χ1n) is 18.3. The molecule has 0 aromatic heterocycles. The van der Waals surface area contributed by atoms with Gasteiger partial charge in [0.05, 0.1) is 23.6 Å². The predicted octanol–water partition coefficient (Wildman–Crippen LogP) is -3.61. The summed E-state index contributed by atoms with van der Waals surface area (Å²) in [7, 11) is -4.39. The van der Waals surface area contributed by atoms with Gasteiger partial charge in [-0.2, -0.15) is 0 Å².